The number of ketones is 1. The molecule has 1 aliphatic carbocycles. The van der Waals surface area contributed by atoms with Gasteiger partial charge in [0.05, 0.1) is 0 Å². The summed E-state index contributed by atoms with van der Waals surface area (Å²) in [5.74, 6) is 3.11. The molecule has 2 rings (SSSR count). The minimum atomic E-state index is 0.378. The highest BCUT2D eigenvalue weighted by atomic mass is 16.1. The number of hydrogen-bond donors (Lipinski definition) is 1. The molecular formula is C15H27NO. The summed E-state index contributed by atoms with van der Waals surface area (Å²) >= 11 is 0. The van der Waals surface area contributed by atoms with Crippen LogP contribution < -0.4 is 5.32 Å². The summed E-state index contributed by atoms with van der Waals surface area (Å²) in [6.07, 6.45) is 6.86. The molecule has 0 spiro atoms. The summed E-state index contributed by atoms with van der Waals surface area (Å²) in [7, 11) is 0. The Kier molecular flexibility index (Phi) is 4.61. The monoisotopic (exact) mass is 237 g/mol. The molecule has 1 N–H and O–H groups in total. The topological polar surface area (TPSA) is 29.1 Å². The van der Waals surface area contributed by atoms with Crippen molar-refractivity contribution in [1.29, 1.82) is 0 Å². The Labute approximate surface area is 106 Å². The molecule has 98 valence electrons. The molecule has 0 aromatic rings. The van der Waals surface area contributed by atoms with Gasteiger partial charge in [0.25, 0.3) is 0 Å². The average molecular weight is 237 g/mol. The fourth-order valence-electron chi connectivity index (χ4n) is 3.75. The van der Waals surface area contributed by atoms with Crippen molar-refractivity contribution in [1.82, 2.24) is 5.32 Å². The Morgan fingerprint density at radius 3 is 2.24 bits per heavy atom. The minimum absolute atomic E-state index is 0.378. The van der Waals surface area contributed by atoms with Gasteiger partial charge in [-0.3, -0.25) is 4.79 Å². The smallest absolute Gasteiger partial charge is 0.136 e. The van der Waals surface area contributed by atoms with Gasteiger partial charge in [0, 0.05) is 12.3 Å². The van der Waals surface area contributed by atoms with E-state index in [0.29, 0.717) is 17.6 Å². The number of carbonyl (C=O) groups is 1. The maximum Gasteiger partial charge on any atom is 0.136 e. The minimum Gasteiger partial charge on any atom is -0.317 e. The van der Waals surface area contributed by atoms with Crippen LogP contribution in [0.1, 0.15) is 52.4 Å². The molecule has 2 aliphatic rings. The summed E-state index contributed by atoms with van der Waals surface area (Å²) in [4.78, 5) is 12.3. The van der Waals surface area contributed by atoms with Gasteiger partial charge in [-0.25, -0.2) is 0 Å². The summed E-state index contributed by atoms with van der Waals surface area (Å²) in [6.45, 7) is 6.83. The standard InChI is InChI=1S/C15H27NO/c1-11-7-12(2)9-14(8-11)15(17)10-13-3-5-16-6-4-13/h11-14,16H,3-10H2,1-2H3. The van der Waals surface area contributed by atoms with Crippen LogP contribution in [-0.4, -0.2) is 18.9 Å². The Bertz CT molecular complexity index is 248. The predicted octanol–water partition coefficient (Wildman–Crippen LogP) is 3.02. The molecule has 0 radical (unpaired) electrons. The van der Waals surface area contributed by atoms with Crippen LogP contribution in [0.25, 0.3) is 0 Å². The van der Waals surface area contributed by atoms with E-state index >= 15 is 0 Å². The third kappa shape index (κ3) is 3.80. The summed E-state index contributed by atoms with van der Waals surface area (Å²) in [5, 5.41) is 3.37. The van der Waals surface area contributed by atoms with Crippen LogP contribution >= 0.6 is 0 Å². The van der Waals surface area contributed by atoms with E-state index in [1.54, 1.807) is 0 Å². The Hall–Kier alpha value is -0.370. The second-order valence-corrected chi connectivity index (χ2v) is 6.48. The molecular weight excluding hydrogens is 210 g/mol. The van der Waals surface area contributed by atoms with Crippen LogP contribution in [0.4, 0.5) is 0 Å². The van der Waals surface area contributed by atoms with Crippen LogP contribution in [0.5, 0.6) is 0 Å². The molecule has 2 unspecified atom stereocenters. The zero-order chi connectivity index (χ0) is 12.3. The van der Waals surface area contributed by atoms with Gasteiger partial charge in [-0.1, -0.05) is 13.8 Å². The quantitative estimate of drug-likeness (QED) is 0.817. The molecule has 0 aromatic carbocycles. The zero-order valence-electron chi connectivity index (χ0n) is 11.4. The lowest BCUT2D eigenvalue weighted by Crippen LogP contribution is -2.32. The molecule has 0 amide bonds. The highest BCUT2D eigenvalue weighted by Gasteiger charge is 2.30. The van der Waals surface area contributed by atoms with Crippen LogP contribution in [0.2, 0.25) is 0 Å². The van der Waals surface area contributed by atoms with Gasteiger partial charge < -0.3 is 5.32 Å². The number of Topliss-reactive ketones (excluding diaryl/α,β-unsaturated/α-hetero) is 1. The van der Waals surface area contributed by atoms with E-state index in [1.807, 2.05) is 0 Å². The van der Waals surface area contributed by atoms with Gasteiger partial charge in [0.15, 0.2) is 0 Å². The van der Waals surface area contributed by atoms with Crippen LogP contribution in [0, 0.1) is 23.7 Å². The lowest BCUT2D eigenvalue weighted by molar-refractivity contribution is -0.125. The fourth-order valence-corrected chi connectivity index (χ4v) is 3.75. The lowest BCUT2D eigenvalue weighted by Gasteiger charge is -2.32. The fraction of sp³-hybridized carbons (Fsp3) is 0.933. The largest absolute Gasteiger partial charge is 0.317 e. The number of hydrogen-bond acceptors (Lipinski definition) is 2. The van der Waals surface area contributed by atoms with Crippen molar-refractivity contribution in [3.63, 3.8) is 0 Å². The van der Waals surface area contributed by atoms with Crippen molar-refractivity contribution < 1.29 is 4.79 Å². The van der Waals surface area contributed by atoms with Crippen LogP contribution in [0.15, 0.2) is 0 Å². The summed E-state index contributed by atoms with van der Waals surface area (Å²) < 4.78 is 0. The Balaban J connectivity index is 1.81. The zero-order valence-corrected chi connectivity index (χ0v) is 11.4. The van der Waals surface area contributed by atoms with Crippen LogP contribution in [-0.2, 0) is 4.79 Å². The van der Waals surface area contributed by atoms with Gasteiger partial charge in [-0.05, 0) is 62.9 Å². The molecule has 2 heteroatoms. The number of carbonyl (C=O) groups excluding carboxylic acids is 1. The SMILES string of the molecule is CC1CC(C)CC(C(=O)CC2CCNCC2)C1. The molecule has 2 nitrogen and oxygen atoms in total. The van der Waals surface area contributed by atoms with Gasteiger partial charge in [0.2, 0.25) is 0 Å². The maximum absolute atomic E-state index is 12.3. The number of rotatable bonds is 3. The number of piperidine rings is 1. The summed E-state index contributed by atoms with van der Waals surface area (Å²) in [6, 6.07) is 0. The first-order chi connectivity index (χ1) is 8.15. The first-order valence-corrected chi connectivity index (χ1v) is 7.38. The van der Waals surface area contributed by atoms with E-state index in [9.17, 15) is 4.79 Å². The highest BCUT2D eigenvalue weighted by molar-refractivity contribution is 5.81. The maximum atomic E-state index is 12.3. The van der Waals surface area contributed by atoms with Gasteiger partial charge >= 0.3 is 0 Å². The highest BCUT2D eigenvalue weighted by Crippen LogP contribution is 2.34. The number of nitrogens with one attached hydrogen (secondary N) is 1. The molecule has 2 atom stereocenters. The average Bonchev–Trinajstić information content (AvgIpc) is 2.29. The molecule has 17 heavy (non-hydrogen) atoms. The third-order valence-electron chi connectivity index (χ3n) is 4.58. The van der Waals surface area contributed by atoms with Gasteiger partial charge in [-0.2, -0.15) is 0 Å². The first-order valence-electron chi connectivity index (χ1n) is 7.38. The second-order valence-electron chi connectivity index (χ2n) is 6.48. The van der Waals surface area contributed by atoms with E-state index in [2.05, 4.69) is 19.2 Å². The van der Waals surface area contributed by atoms with E-state index in [0.717, 1.165) is 44.2 Å². The predicted molar refractivity (Wildman–Crippen MR) is 70.9 cm³/mol. The molecule has 1 saturated carbocycles. The van der Waals surface area contributed by atoms with Crippen molar-refractivity contribution in [2.75, 3.05) is 13.1 Å². The molecule has 1 saturated heterocycles. The first kappa shape index (κ1) is 13.1. The lowest BCUT2D eigenvalue weighted by atomic mass is 9.73. The van der Waals surface area contributed by atoms with E-state index in [1.165, 1.54) is 19.3 Å². The van der Waals surface area contributed by atoms with Gasteiger partial charge in [-0.15, -0.1) is 0 Å². The Morgan fingerprint density at radius 1 is 1.06 bits per heavy atom. The van der Waals surface area contributed by atoms with Crippen molar-refractivity contribution in [2.24, 2.45) is 23.7 Å². The molecule has 0 aromatic heterocycles. The third-order valence-corrected chi connectivity index (χ3v) is 4.58. The molecule has 1 heterocycles. The Morgan fingerprint density at radius 2 is 1.65 bits per heavy atom. The van der Waals surface area contributed by atoms with Crippen LogP contribution in [0.3, 0.4) is 0 Å². The van der Waals surface area contributed by atoms with E-state index < -0.39 is 0 Å². The summed E-state index contributed by atoms with van der Waals surface area (Å²) in [5.41, 5.74) is 0. The molecule has 2 fully saturated rings. The molecule has 1 aliphatic heterocycles. The normalized spacial score (nSPS) is 35.8. The molecule has 0 bridgehead atoms. The van der Waals surface area contributed by atoms with Crippen molar-refractivity contribution in [2.45, 2.75) is 52.4 Å². The second kappa shape index (κ2) is 5.99. The van der Waals surface area contributed by atoms with E-state index in [-0.39, 0.29) is 0 Å². The van der Waals surface area contributed by atoms with Crippen molar-refractivity contribution in [3.05, 3.63) is 0 Å². The van der Waals surface area contributed by atoms with Crippen molar-refractivity contribution >= 4 is 5.78 Å². The van der Waals surface area contributed by atoms with Gasteiger partial charge in [0.1, 0.15) is 5.78 Å². The van der Waals surface area contributed by atoms with Crippen molar-refractivity contribution in [3.8, 4) is 0 Å². The van der Waals surface area contributed by atoms with E-state index in [4.69, 9.17) is 0 Å².